The molecule has 0 bridgehead atoms. The molecule has 7 heteroatoms. The molecule has 0 fully saturated rings. The van der Waals surface area contributed by atoms with Gasteiger partial charge in [0, 0.05) is 23.6 Å². The number of hydrogen-bond donors (Lipinski definition) is 2. The van der Waals surface area contributed by atoms with Gasteiger partial charge in [-0.05, 0) is 23.9 Å². The monoisotopic (exact) mass is 288 g/mol. The van der Waals surface area contributed by atoms with Crippen molar-refractivity contribution in [3.63, 3.8) is 0 Å². The molecule has 0 saturated carbocycles. The Morgan fingerprint density at radius 3 is 3.05 bits per heavy atom. The Balaban J connectivity index is 1.70. The lowest BCUT2D eigenvalue weighted by Crippen LogP contribution is -2.04. The van der Waals surface area contributed by atoms with Crippen molar-refractivity contribution in [3.8, 4) is 0 Å². The van der Waals surface area contributed by atoms with Crippen LogP contribution in [0.2, 0.25) is 0 Å². The van der Waals surface area contributed by atoms with Gasteiger partial charge in [0.05, 0.1) is 16.0 Å². The lowest BCUT2D eigenvalue weighted by atomic mass is 10.3. The van der Waals surface area contributed by atoms with Crippen LogP contribution >= 0.6 is 11.3 Å². The van der Waals surface area contributed by atoms with Gasteiger partial charge in [-0.2, -0.15) is 0 Å². The molecule has 0 spiro atoms. The molecule has 102 valence electrons. The molecule has 20 heavy (non-hydrogen) atoms. The van der Waals surface area contributed by atoms with E-state index in [-0.39, 0.29) is 5.69 Å². The molecule has 0 amide bonds. The third kappa shape index (κ3) is 2.62. The zero-order valence-corrected chi connectivity index (χ0v) is 11.3. The number of nitrogens with zero attached hydrogens (tertiary/aromatic N) is 2. The fraction of sp³-hybridized carbons (Fsp3) is 0.154. The summed E-state index contributed by atoms with van der Waals surface area (Å²) in [5, 5.41) is 16.0. The van der Waals surface area contributed by atoms with Crippen molar-refractivity contribution in [2.24, 2.45) is 0 Å². The summed E-state index contributed by atoms with van der Waals surface area (Å²) in [5.74, 6) is 0.636. The second kappa shape index (κ2) is 5.30. The highest BCUT2D eigenvalue weighted by Crippen LogP contribution is 2.20. The Morgan fingerprint density at radius 2 is 2.30 bits per heavy atom. The standard InChI is InChI=1S/C13H12N4O2S/c18-17(19)9-3-4-11-12(8-9)16-13(15-11)14-6-5-10-2-1-7-20-10/h1-4,7-8H,5-6H2,(H2,14,15,16). The van der Waals surface area contributed by atoms with Crippen molar-refractivity contribution in [2.45, 2.75) is 6.42 Å². The minimum atomic E-state index is -0.413. The maximum atomic E-state index is 10.7. The molecule has 0 aliphatic heterocycles. The first-order chi connectivity index (χ1) is 9.72. The molecule has 2 heterocycles. The highest BCUT2D eigenvalue weighted by Gasteiger charge is 2.09. The maximum absolute atomic E-state index is 10.7. The zero-order valence-electron chi connectivity index (χ0n) is 10.5. The number of nitro benzene ring substituents is 1. The second-order valence-electron chi connectivity index (χ2n) is 4.30. The van der Waals surface area contributed by atoms with Crippen LogP contribution in [0.3, 0.4) is 0 Å². The van der Waals surface area contributed by atoms with Crippen LogP contribution in [-0.2, 0) is 6.42 Å². The number of benzene rings is 1. The fourth-order valence-corrected chi connectivity index (χ4v) is 2.66. The van der Waals surface area contributed by atoms with Gasteiger partial charge < -0.3 is 10.3 Å². The summed E-state index contributed by atoms with van der Waals surface area (Å²) in [6.45, 7) is 0.766. The number of H-pyrrole nitrogens is 1. The van der Waals surface area contributed by atoms with E-state index in [0.717, 1.165) is 13.0 Å². The highest BCUT2D eigenvalue weighted by molar-refractivity contribution is 7.09. The molecule has 0 aliphatic rings. The zero-order chi connectivity index (χ0) is 13.9. The number of anilines is 1. The predicted molar refractivity (Wildman–Crippen MR) is 79.3 cm³/mol. The summed E-state index contributed by atoms with van der Waals surface area (Å²) in [7, 11) is 0. The number of fused-ring (bicyclic) bond motifs is 1. The fourth-order valence-electron chi connectivity index (χ4n) is 1.95. The Bertz CT molecular complexity index is 736. The van der Waals surface area contributed by atoms with Gasteiger partial charge >= 0.3 is 0 Å². The molecule has 2 N–H and O–H groups in total. The molecule has 6 nitrogen and oxygen atoms in total. The van der Waals surface area contributed by atoms with Gasteiger partial charge in [0.25, 0.3) is 5.69 Å². The molecule has 3 aromatic rings. The first-order valence-corrected chi connectivity index (χ1v) is 7.01. The number of aromatic amines is 1. The average molecular weight is 288 g/mol. The highest BCUT2D eigenvalue weighted by atomic mass is 32.1. The van der Waals surface area contributed by atoms with Gasteiger partial charge in [-0.3, -0.25) is 10.1 Å². The van der Waals surface area contributed by atoms with Crippen LogP contribution in [0.25, 0.3) is 11.0 Å². The third-order valence-electron chi connectivity index (χ3n) is 2.92. The summed E-state index contributed by atoms with van der Waals surface area (Å²) < 4.78 is 0. The Kier molecular flexibility index (Phi) is 3.34. The van der Waals surface area contributed by atoms with E-state index < -0.39 is 4.92 Å². The van der Waals surface area contributed by atoms with Crippen molar-refractivity contribution in [3.05, 3.63) is 50.7 Å². The van der Waals surface area contributed by atoms with Crippen LogP contribution < -0.4 is 5.32 Å². The Labute approximate surface area is 118 Å². The van der Waals surface area contributed by atoms with Gasteiger partial charge in [0.1, 0.15) is 0 Å². The molecule has 0 aliphatic carbocycles. The number of nitrogens with one attached hydrogen (secondary N) is 2. The summed E-state index contributed by atoms with van der Waals surface area (Å²) in [5.41, 5.74) is 1.44. The number of thiophene rings is 1. The normalized spacial score (nSPS) is 10.8. The van der Waals surface area contributed by atoms with E-state index in [9.17, 15) is 10.1 Å². The predicted octanol–water partition coefficient (Wildman–Crippen LogP) is 3.19. The van der Waals surface area contributed by atoms with E-state index >= 15 is 0 Å². The van der Waals surface area contributed by atoms with Gasteiger partial charge in [-0.15, -0.1) is 11.3 Å². The molecule has 0 radical (unpaired) electrons. The molecule has 0 unspecified atom stereocenters. The number of nitro groups is 1. The Morgan fingerprint density at radius 1 is 1.40 bits per heavy atom. The number of hydrogen-bond acceptors (Lipinski definition) is 5. The van der Waals surface area contributed by atoms with Crippen molar-refractivity contribution >= 4 is 34.0 Å². The Hall–Kier alpha value is -2.41. The minimum Gasteiger partial charge on any atom is -0.355 e. The molecular formula is C13H12N4O2S. The van der Waals surface area contributed by atoms with Crippen LogP contribution in [0.15, 0.2) is 35.7 Å². The number of non-ortho nitro benzene ring substituents is 1. The molecule has 0 saturated heterocycles. The number of rotatable bonds is 5. The lowest BCUT2D eigenvalue weighted by molar-refractivity contribution is -0.384. The smallest absolute Gasteiger partial charge is 0.271 e. The van der Waals surface area contributed by atoms with Gasteiger partial charge in [-0.25, -0.2) is 4.98 Å². The quantitative estimate of drug-likeness (QED) is 0.558. The SMILES string of the molecule is O=[N+]([O-])c1ccc2nc(NCCc3cccs3)[nH]c2c1. The van der Waals surface area contributed by atoms with Crippen LogP contribution in [-0.4, -0.2) is 21.4 Å². The van der Waals surface area contributed by atoms with Gasteiger partial charge in [0.15, 0.2) is 0 Å². The lowest BCUT2D eigenvalue weighted by Gasteiger charge is -2.00. The van der Waals surface area contributed by atoms with Crippen LogP contribution in [0, 0.1) is 10.1 Å². The van der Waals surface area contributed by atoms with Crippen LogP contribution in [0.4, 0.5) is 11.6 Å². The third-order valence-corrected chi connectivity index (χ3v) is 3.86. The van der Waals surface area contributed by atoms with E-state index in [0.29, 0.717) is 17.0 Å². The van der Waals surface area contributed by atoms with Gasteiger partial charge in [-0.1, -0.05) is 6.07 Å². The topological polar surface area (TPSA) is 83.8 Å². The van der Waals surface area contributed by atoms with E-state index in [2.05, 4.69) is 26.7 Å². The van der Waals surface area contributed by atoms with E-state index in [1.807, 2.05) is 6.07 Å². The molecule has 2 aromatic heterocycles. The molecular weight excluding hydrogens is 276 g/mol. The molecule has 3 rings (SSSR count). The molecule has 1 aromatic carbocycles. The largest absolute Gasteiger partial charge is 0.355 e. The van der Waals surface area contributed by atoms with Crippen LogP contribution in [0.5, 0.6) is 0 Å². The van der Waals surface area contributed by atoms with Crippen molar-refractivity contribution in [2.75, 3.05) is 11.9 Å². The number of imidazole rings is 1. The number of aromatic nitrogens is 2. The van der Waals surface area contributed by atoms with Crippen LogP contribution in [0.1, 0.15) is 4.88 Å². The van der Waals surface area contributed by atoms with E-state index in [4.69, 9.17) is 0 Å². The summed E-state index contributed by atoms with van der Waals surface area (Å²) in [6.07, 6.45) is 0.925. The first kappa shape index (κ1) is 12.6. The maximum Gasteiger partial charge on any atom is 0.271 e. The second-order valence-corrected chi connectivity index (χ2v) is 5.33. The van der Waals surface area contributed by atoms with E-state index in [1.54, 1.807) is 17.4 Å². The summed E-state index contributed by atoms with van der Waals surface area (Å²) in [6, 6.07) is 8.72. The summed E-state index contributed by atoms with van der Waals surface area (Å²) >= 11 is 1.72. The first-order valence-electron chi connectivity index (χ1n) is 6.13. The van der Waals surface area contributed by atoms with Crippen molar-refractivity contribution < 1.29 is 4.92 Å². The summed E-state index contributed by atoms with van der Waals surface area (Å²) in [4.78, 5) is 19.0. The van der Waals surface area contributed by atoms with E-state index in [1.165, 1.54) is 17.0 Å². The average Bonchev–Trinajstić information content (AvgIpc) is 3.06. The van der Waals surface area contributed by atoms with Crippen molar-refractivity contribution in [1.82, 2.24) is 9.97 Å². The molecule has 0 atom stereocenters. The van der Waals surface area contributed by atoms with Crippen molar-refractivity contribution in [1.29, 1.82) is 0 Å². The minimum absolute atomic E-state index is 0.0614. The van der Waals surface area contributed by atoms with Gasteiger partial charge in [0.2, 0.25) is 5.95 Å².